The summed E-state index contributed by atoms with van der Waals surface area (Å²) in [4.78, 5) is 106. The van der Waals surface area contributed by atoms with Crippen molar-refractivity contribution in [2.75, 3.05) is 97.2 Å². The van der Waals surface area contributed by atoms with Gasteiger partial charge in [0.25, 0.3) is 0 Å². The van der Waals surface area contributed by atoms with Gasteiger partial charge >= 0.3 is 41.8 Å². The fourth-order valence-corrected chi connectivity index (χ4v) is 34.4. The van der Waals surface area contributed by atoms with E-state index in [0.717, 1.165) is 71.4 Å². The van der Waals surface area contributed by atoms with Gasteiger partial charge in [-0.05, 0) is 597 Å². The fourth-order valence-electron chi connectivity index (χ4n) is 7.95. The summed E-state index contributed by atoms with van der Waals surface area (Å²) >= 11 is 49.3. The first kappa shape index (κ1) is 142. The van der Waals surface area contributed by atoms with Gasteiger partial charge in [0.05, 0.1) is 172 Å². The van der Waals surface area contributed by atoms with Crippen LogP contribution in [0, 0.1) is 85.7 Å². The summed E-state index contributed by atoms with van der Waals surface area (Å²) in [6.07, 6.45) is 0. The van der Waals surface area contributed by atoms with E-state index in [4.69, 9.17) is 33.2 Å². The van der Waals surface area contributed by atoms with Crippen molar-refractivity contribution in [1.29, 1.82) is 0 Å². The van der Waals surface area contributed by atoms with Gasteiger partial charge in [-0.15, -0.1) is 0 Å². The topological polar surface area (TPSA) is 643 Å². The highest BCUT2D eigenvalue weighted by Gasteiger charge is 2.30. The molecule has 39 nitrogen and oxygen atoms in total. The third-order valence-electron chi connectivity index (χ3n) is 13.7. The minimum atomic E-state index is -4.52. The maximum Gasteiger partial charge on any atom is 0.340 e. The van der Waals surface area contributed by atoms with Crippen LogP contribution >= 0.6 is 542 Å². The van der Waals surface area contributed by atoms with Gasteiger partial charge in [0.1, 0.15) is 46.2 Å². The molecule has 0 aliphatic rings. The molecule has 137 heavy (non-hydrogen) atoms. The zero-order valence-corrected chi connectivity index (χ0v) is 124. The number of hydrogen-bond acceptors (Lipinski definition) is 37. The van der Waals surface area contributed by atoms with E-state index >= 15 is 0 Å². The van der Waals surface area contributed by atoms with E-state index in [1.165, 1.54) is 13.8 Å². The van der Waals surface area contributed by atoms with E-state index < -0.39 is 199 Å². The molecule has 2 N–H and O–H groups in total. The highest BCUT2D eigenvalue weighted by Crippen LogP contribution is 2.41. The second kappa shape index (κ2) is 67.0. The lowest BCUT2D eigenvalue weighted by molar-refractivity contribution is -0.115. The highest BCUT2D eigenvalue weighted by molar-refractivity contribution is 14.1. The molecule has 0 aromatic heterocycles. The minimum Gasteiger partial charge on any atom is -0.748 e. The molecule has 0 aliphatic heterocycles. The Kier molecular flexibility index (Phi) is 69.3. The maximum atomic E-state index is 12.4. The van der Waals surface area contributed by atoms with Crippen molar-refractivity contribution < 1.29 is 167 Å². The standard InChI is InChI=1S/C13H13I3N2O7S.C9H5I5O5S.2C9H6I4O5S.2C9H7I3O5S.C9H8I2O5S/c1-5(19)17-11-8(14)7(13(21)25-3-4-26(22,23)24)9(15)12(10(11)16)18-6(2)20;10-4-3(5(11)7(13)8(14)6(4)12)9(15)19-1-2-20(16,17)18;10-4-3-5(11)8(13)6(7(4)12)9(14)18-1-2-19(15,16)17;10-5-3-4(6(11)8(13)7(5)12)9(14)18-1-2-19(15,16)17;10-5-3-6(11)8(7(12)4-5)9(13)17-1-2-18(14,15)16;10-5-3-6(8(12)7(11)4-5)9(13)17-1-2-18(14,15)16;10-6-1-2-7(8(11)5-6)9(12)16-3-4-17(13,14)15/h3-4H2,1-2H3,(H,17,19)(H,18,20)(H,22,23,24);1-2H2,(H,16,17,18);2*3H,1-2H2,(H,15,16,17);2*3-4H,1-2H2,(H,14,15,16);1-2,5H,3-4H2,(H,13,14,15)/p-7. The van der Waals surface area contributed by atoms with Gasteiger partial charge in [-0.1, -0.05) is 0 Å². The van der Waals surface area contributed by atoms with Gasteiger partial charge < -0.3 is 75.7 Å². The van der Waals surface area contributed by atoms with Crippen molar-refractivity contribution in [3.63, 3.8) is 0 Å². The number of ether oxygens (including phenoxy) is 7. The average Bonchev–Trinajstić information content (AvgIpc) is 0.771. The van der Waals surface area contributed by atoms with Crippen molar-refractivity contribution in [3.8, 4) is 0 Å². The molecule has 0 fully saturated rings. The van der Waals surface area contributed by atoms with Crippen molar-refractivity contribution >= 4 is 678 Å². The number of esters is 7. The lowest BCUT2D eigenvalue weighted by Crippen LogP contribution is -2.20. The molecule has 0 aliphatic carbocycles. The van der Waals surface area contributed by atoms with E-state index in [1.807, 2.05) is 250 Å². The Morgan fingerprint density at radius 2 is 0.460 bits per heavy atom. The molecule has 7 aromatic carbocycles. The summed E-state index contributed by atoms with van der Waals surface area (Å²) in [7, 11) is -30.7. The van der Waals surface area contributed by atoms with Crippen molar-refractivity contribution in [3.05, 3.63) is 179 Å². The Labute approximate surface area is 1110 Å². The number of nitrogens with one attached hydrogen (secondary N) is 2. The van der Waals surface area contributed by atoms with Crippen molar-refractivity contribution in [1.82, 2.24) is 0 Å². The quantitative estimate of drug-likeness (QED) is 0.0105. The summed E-state index contributed by atoms with van der Waals surface area (Å²) in [6, 6.07) is 15.9. The first-order valence-corrected chi connectivity index (χ1v) is 70.7. The molecule has 0 heterocycles. The molecule has 0 bridgehead atoms. The molecular formula is C67H45I24N2O37S7-7. The van der Waals surface area contributed by atoms with Crippen LogP contribution in [0.3, 0.4) is 0 Å². The van der Waals surface area contributed by atoms with Crippen LogP contribution in [0.1, 0.15) is 86.4 Å². The van der Waals surface area contributed by atoms with Crippen LogP contribution in [0.15, 0.2) is 54.6 Å². The van der Waals surface area contributed by atoms with Gasteiger partial charge in [-0.2, -0.15) is 0 Å². The summed E-state index contributed by atoms with van der Waals surface area (Å²) < 4.78 is 272. The van der Waals surface area contributed by atoms with Gasteiger partial charge in [-0.3, -0.25) is 9.59 Å². The predicted molar refractivity (Wildman–Crippen MR) is 693 cm³/mol. The number of benzene rings is 7. The van der Waals surface area contributed by atoms with Crippen LogP contribution in [0.4, 0.5) is 11.4 Å². The first-order chi connectivity index (χ1) is 62.4. The summed E-state index contributed by atoms with van der Waals surface area (Å²) in [5.74, 6) is -10.5. The summed E-state index contributed by atoms with van der Waals surface area (Å²) in [5, 5.41) is 5.19. The van der Waals surface area contributed by atoms with Crippen LogP contribution in [0.5, 0.6) is 0 Å². The Morgan fingerprint density at radius 1 is 0.226 bits per heavy atom. The van der Waals surface area contributed by atoms with Crippen molar-refractivity contribution in [2.45, 2.75) is 13.8 Å². The lowest BCUT2D eigenvalue weighted by Gasteiger charge is -2.19. The Bertz CT molecular complexity index is 6490. The molecule has 0 radical (unpaired) electrons. The molecule has 0 spiro atoms. The molecule has 762 valence electrons. The number of carbonyl (C=O) groups excluding carboxylic acids is 9. The monoisotopic (exact) mass is 4740 g/mol. The minimum absolute atomic E-state index is 0.0439. The number of amides is 2. The highest BCUT2D eigenvalue weighted by atomic mass is 127. The largest absolute Gasteiger partial charge is 0.748 e. The number of hydrogen-bond donors (Lipinski definition) is 2. The average molecular weight is 4740 g/mol. The van der Waals surface area contributed by atoms with Crippen molar-refractivity contribution in [2.24, 2.45) is 0 Å². The molecular weight excluding hydrogens is 4690 g/mol. The third-order valence-corrected chi connectivity index (χ3v) is 52.0. The second-order valence-corrected chi connectivity index (χ2v) is 61.6. The molecule has 0 unspecified atom stereocenters. The number of halogens is 24. The SMILES string of the molecule is CC(=O)Nc1c(I)c(NC(C)=O)c(I)c(C(=O)OCCS(=O)(=O)[O-])c1I.O=C(OCCS(=O)(=O)[O-])c1c(I)c(I)c(I)c(I)c1I.O=C(OCCS(=O)(=O)[O-])c1c(I)c(I)cc(I)c1I.O=C(OCCS(=O)(=O)[O-])c1c(I)cc(I)cc1I.O=C(OCCS(=O)(=O)[O-])c1cc(I)c(I)c(I)c1I.O=C(OCCS(=O)(=O)[O-])c1cc(I)cc(I)c1I.O=C(OCCS(=O)(=O)[O-])c1ccc(I)cc1I. The zero-order valence-electron chi connectivity index (χ0n) is 66.1. The summed E-state index contributed by atoms with van der Waals surface area (Å²) in [6.45, 7) is -0.598. The Morgan fingerprint density at radius 3 is 0.766 bits per heavy atom. The number of anilines is 2. The van der Waals surface area contributed by atoms with Crippen LogP contribution in [-0.2, 0) is 114 Å². The van der Waals surface area contributed by atoms with Crippen LogP contribution in [0.2, 0.25) is 0 Å². The fraction of sp³-hybridized carbons (Fsp3) is 0.239. The van der Waals surface area contributed by atoms with Crippen LogP contribution in [0.25, 0.3) is 0 Å². The Hall–Kier alpha value is 6.66. The van der Waals surface area contributed by atoms with E-state index in [0.29, 0.717) is 59.0 Å². The van der Waals surface area contributed by atoms with Gasteiger partial charge in [0.2, 0.25) is 11.8 Å². The maximum absolute atomic E-state index is 12.4. The van der Waals surface area contributed by atoms with E-state index in [1.54, 1.807) is 30.3 Å². The van der Waals surface area contributed by atoms with Crippen LogP contribution < -0.4 is 10.6 Å². The molecule has 70 heteroatoms. The number of rotatable bonds is 30. The second-order valence-electron chi connectivity index (χ2n) is 24.0. The van der Waals surface area contributed by atoms with Gasteiger partial charge in [0.15, 0.2) is 0 Å². The molecule has 7 rings (SSSR count). The Balaban J connectivity index is 0.000000802. The molecule has 0 saturated heterocycles. The van der Waals surface area contributed by atoms with Gasteiger partial charge in [-0.25, -0.2) is 92.5 Å². The van der Waals surface area contributed by atoms with Crippen LogP contribution in [-0.4, -0.2) is 231 Å². The smallest absolute Gasteiger partial charge is 0.340 e. The van der Waals surface area contributed by atoms with E-state index in [-0.39, 0.29) is 17.4 Å². The van der Waals surface area contributed by atoms with E-state index in [2.05, 4.69) is 327 Å². The first-order valence-electron chi connectivity index (χ1n) is 33.8. The third kappa shape index (κ3) is 55.9. The van der Waals surface area contributed by atoms with Gasteiger partial charge in [0, 0.05) is 88.8 Å². The lowest BCUT2D eigenvalue weighted by atomic mass is 10.1. The number of carbonyl (C=O) groups is 9. The molecule has 2 amide bonds. The summed E-state index contributed by atoms with van der Waals surface area (Å²) in [5.41, 5.74) is 2.96. The molecule has 0 atom stereocenters. The normalized spacial score (nSPS) is 11.3. The van der Waals surface area contributed by atoms with E-state index in [9.17, 15) is 134 Å². The predicted octanol–water partition coefficient (Wildman–Crippen LogP) is 17.1. The molecule has 0 saturated carbocycles. The molecule has 7 aromatic rings. The zero-order chi connectivity index (χ0) is 106.